The maximum atomic E-state index is 10.1. The fourth-order valence-electron chi connectivity index (χ4n) is 2.03. The van der Waals surface area contributed by atoms with Crippen LogP contribution in [0.4, 0.5) is 0 Å². The maximum absolute atomic E-state index is 10.1. The Kier molecular flexibility index (Phi) is 9.26. The van der Waals surface area contributed by atoms with Crippen molar-refractivity contribution in [3.63, 3.8) is 0 Å². The summed E-state index contributed by atoms with van der Waals surface area (Å²) in [5.41, 5.74) is 0.946. The Balaban J connectivity index is 2.05. The van der Waals surface area contributed by atoms with E-state index in [0.717, 1.165) is 44.0 Å². The molecule has 0 aliphatic carbocycles. The monoisotopic (exact) mass is 272 g/mol. The van der Waals surface area contributed by atoms with E-state index in [-0.39, 0.29) is 0 Å². The van der Waals surface area contributed by atoms with Gasteiger partial charge in [-0.2, -0.15) is 0 Å². The quantitative estimate of drug-likeness (QED) is 0.422. The lowest BCUT2D eigenvalue weighted by molar-refractivity contribution is -0.107. The van der Waals surface area contributed by atoms with Crippen LogP contribution in [0.1, 0.15) is 56.9 Å². The van der Waals surface area contributed by atoms with Crippen molar-refractivity contribution in [3.05, 3.63) is 35.9 Å². The second kappa shape index (κ2) is 11.3. The van der Waals surface area contributed by atoms with Crippen molar-refractivity contribution in [2.75, 3.05) is 0 Å². The molecule has 20 heavy (non-hydrogen) atoms. The predicted molar refractivity (Wildman–Crippen MR) is 82.3 cm³/mol. The van der Waals surface area contributed by atoms with Crippen LogP contribution in [0.3, 0.4) is 0 Å². The Morgan fingerprint density at radius 3 is 2.35 bits per heavy atom. The molecule has 0 aliphatic rings. The van der Waals surface area contributed by atoms with Gasteiger partial charge in [-0.25, -0.2) is 0 Å². The van der Waals surface area contributed by atoms with Gasteiger partial charge in [0.05, 0.1) is 0 Å². The number of carbonyl (C=O) groups is 1. The lowest BCUT2D eigenvalue weighted by Gasteiger charge is -2.03. The summed E-state index contributed by atoms with van der Waals surface area (Å²) < 4.78 is 0. The first-order valence-electron chi connectivity index (χ1n) is 7.51. The zero-order chi connectivity index (χ0) is 14.5. The van der Waals surface area contributed by atoms with E-state index in [4.69, 9.17) is 0 Å². The Labute approximate surface area is 122 Å². The van der Waals surface area contributed by atoms with E-state index in [1.54, 1.807) is 0 Å². The summed E-state index contributed by atoms with van der Waals surface area (Å²) in [6.07, 6.45) is 8.54. The fraction of sp³-hybridized carbons (Fsp3) is 0.500. The molecule has 2 heteroatoms. The van der Waals surface area contributed by atoms with Gasteiger partial charge in [0.2, 0.25) is 0 Å². The standard InChI is InChI=1S/C18H24O2/c19-16-10-5-3-1-2-4-9-13-18(20)15-14-17-11-7-6-8-12-17/h6-8,11-12,16,18,20H,1-5,9-10,13H2. The van der Waals surface area contributed by atoms with Crippen LogP contribution < -0.4 is 0 Å². The van der Waals surface area contributed by atoms with Crippen molar-refractivity contribution in [3.8, 4) is 11.8 Å². The highest BCUT2D eigenvalue weighted by molar-refractivity contribution is 5.48. The molecule has 1 unspecified atom stereocenters. The summed E-state index contributed by atoms with van der Waals surface area (Å²) in [7, 11) is 0. The van der Waals surface area contributed by atoms with Crippen molar-refractivity contribution in [1.82, 2.24) is 0 Å². The molecule has 0 spiro atoms. The first-order chi connectivity index (χ1) is 9.83. The van der Waals surface area contributed by atoms with Crippen LogP contribution in [0, 0.1) is 11.8 Å². The minimum absolute atomic E-state index is 0.523. The van der Waals surface area contributed by atoms with Crippen LogP contribution in [0.15, 0.2) is 30.3 Å². The lowest BCUT2D eigenvalue weighted by atomic mass is 10.1. The third-order valence-electron chi connectivity index (χ3n) is 3.21. The topological polar surface area (TPSA) is 37.3 Å². The number of unbranched alkanes of at least 4 members (excludes halogenated alkanes) is 6. The highest BCUT2D eigenvalue weighted by Gasteiger charge is 1.99. The van der Waals surface area contributed by atoms with E-state index in [9.17, 15) is 9.90 Å². The molecule has 1 N–H and O–H groups in total. The molecule has 0 bridgehead atoms. The van der Waals surface area contributed by atoms with Gasteiger partial charge in [-0.05, 0) is 31.4 Å². The Hall–Kier alpha value is -1.59. The van der Waals surface area contributed by atoms with Crippen molar-refractivity contribution < 1.29 is 9.90 Å². The molecular formula is C18H24O2. The average Bonchev–Trinajstić information content (AvgIpc) is 2.49. The van der Waals surface area contributed by atoms with E-state index in [1.807, 2.05) is 30.3 Å². The Morgan fingerprint density at radius 1 is 1.00 bits per heavy atom. The van der Waals surface area contributed by atoms with Crippen LogP contribution in [0.5, 0.6) is 0 Å². The van der Waals surface area contributed by atoms with E-state index >= 15 is 0 Å². The van der Waals surface area contributed by atoms with Crippen molar-refractivity contribution in [1.29, 1.82) is 0 Å². The normalized spacial score (nSPS) is 11.4. The molecule has 2 nitrogen and oxygen atoms in total. The molecule has 0 radical (unpaired) electrons. The number of aliphatic hydroxyl groups is 1. The zero-order valence-corrected chi connectivity index (χ0v) is 12.1. The van der Waals surface area contributed by atoms with Crippen LogP contribution in [-0.4, -0.2) is 17.5 Å². The molecule has 0 heterocycles. The smallest absolute Gasteiger partial charge is 0.119 e. The molecule has 0 aromatic heterocycles. The minimum atomic E-state index is -0.523. The van der Waals surface area contributed by atoms with Gasteiger partial charge in [-0.1, -0.05) is 55.7 Å². The van der Waals surface area contributed by atoms with Crippen LogP contribution >= 0.6 is 0 Å². The van der Waals surface area contributed by atoms with Crippen molar-refractivity contribution in [2.24, 2.45) is 0 Å². The van der Waals surface area contributed by atoms with Crippen molar-refractivity contribution in [2.45, 2.75) is 57.5 Å². The number of benzene rings is 1. The largest absolute Gasteiger partial charge is 0.380 e. The molecule has 1 atom stereocenters. The number of aliphatic hydroxyl groups excluding tert-OH is 1. The van der Waals surface area contributed by atoms with E-state index in [0.29, 0.717) is 6.42 Å². The molecule has 0 fully saturated rings. The molecule has 1 aromatic carbocycles. The highest BCUT2D eigenvalue weighted by Crippen LogP contribution is 2.09. The Morgan fingerprint density at radius 2 is 1.65 bits per heavy atom. The summed E-state index contributed by atoms with van der Waals surface area (Å²) >= 11 is 0. The van der Waals surface area contributed by atoms with Gasteiger partial charge in [0.25, 0.3) is 0 Å². The SMILES string of the molecule is O=CCCCCCCCCC(O)C#Cc1ccccc1. The summed E-state index contributed by atoms with van der Waals surface area (Å²) in [4.78, 5) is 10.1. The molecule has 108 valence electrons. The van der Waals surface area contributed by atoms with Gasteiger partial charge in [-0.15, -0.1) is 0 Å². The van der Waals surface area contributed by atoms with E-state index in [1.165, 1.54) is 12.8 Å². The first kappa shape index (κ1) is 16.5. The maximum Gasteiger partial charge on any atom is 0.119 e. The molecule has 0 aliphatic heterocycles. The average molecular weight is 272 g/mol. The summed E-state index contributed by atoms with van der Waals surface area (Å²) in [5, 5.41) is 9.77. The molecule has 1 aromatic rings. The summed E-state index contributed by atoms with van der Waals surface area (Å²) in [6.45, 7) is 0. The molecule has 0 saturated heterocycles. The summed E-state index contributed by atoms with van der Waals surface area (Å²) in [5.74, 6) is 5.87. The van der Waals surface area contributed by atoms with Gasteiger partial charge in [0, 0.05) is 12.0 Å². The first-order valence-corrected chi connectivity index (χ1v) is 7.51. The second-order valence-electron chi connectivity index (χ2n) is 5.02. The van der Waals surface area contributed by atoms with Gasteiger partial charge >= 0.3 is 0 Å². The second-order valence-corrected chi connectivity index (χ2v) is 5.02. The van der Waals surface area contributed by atoms with Gasteiger partial charge in [0.15, 0.2) is 0 Å². The molecule has 0 saturated carbocycles. The number of aldehydes is 1. The number of hydrogen-bond acceptors (Lipinski definition) is 2. The number of hydrogen-bond donors (Lipinski definition) is 1. The van der Waals surface area contributed by atoms with Gasteiger partial charge in [-0.3, -0.25) is 0 Å². The Bertz CT molecular complexity index is 414. The van der Waals surface area contributed by atoms with Crippen LogP contribution in [0.2, 0.25) is 0 Å². The minimum Gasteiger partial charge on any atom is -0.380 e. The van der Waals surface area contributed by atoms with Crippen LogP contribution in [0.25, 0.3) is 0 Å². The summed E-state index contributed by atoms with van der Waals surface area (Å²) in [6, 6.07) is 9.73. The van der Waals surface area contributed by atoms with Gasteiger partial charge < -0.3 is 9.90 Å². The third-order valence-corrected chi connectivity index (χ3v) is 3.21. The third kappa shape index (κ3) is 8.50. The highest BCUT2D eigenvalue weighted by atomic mass is 16.3. The lowest BCUT2D eigenvalue weighted by Crippen LogP contribution is -2.02. The molecule has 0 amide bonds. The molecular weight excluding hydrogens is 248 g/mol. The predicted octanol–water partition coefficient (Wildman–Crippen LogP) is 3.72. The van der Waals surface area contributed by atoms with E-state index in [2.05, 4.69) is 11.8 Å². The fourth-order valence-corrected chi connectivity index (χ4v) is 2.03. The van der Waals surface area contributed by atoms with Gasteiger partial charge in [0.1, 0.15) is 12.4 Å². The zero-order valence-electron chi connectivity index (χ0n) is 12.1. The van der Waals surface area contributed by atoms with Crippen molar-refractivity contribution >= 4 is 6.29 Å². The number of carbonyl (C=O) groups excluding carboxylic acids is 1. The van der Waals surface area contributed by atoms with E-state index < -0.39 is 6.10 Å². The molecule has 1 rings (SSSR count). The number of rotatable bonds is 9. The van der Waals surface area contributed by atoms with Crippen LogP contribution in [-0.2, 0) is 4.79 Å².